The molecule has 1 aromatic heterocycles. The number of hydrogen-bond acceptors (Lipinski definition) is 6. The molecule has 0 aliphatic heterocycles. The van der Waals surface area contributed by atoms with Gasteiger partial charge in [-0.2, -0.15) is 0 Å². The van der Waals surface area contributed by atoms with Crippen molar-refractivity contribution < 1.29 is 24.0 Å². The van der Waals surface area contributed by atoms with E-state index in [-0.39, 0.29) is 36.5 Å². The first-order chi connectivity index (χ1) is 16.1. The molecule has 34 heavy (non-hydrogen) atoms. The van der Waals surface area contributed by atoms with Crippen LogP contribution in [0.3, 0.4) is 0 Å². The Morgan fingerprint density at radius 1 is 1.18 bits per heavy atom. The fourth-order valence-corrected chi connectivity index (χ4v) is 4.88. The van der Waals surface area contributed by atoms with Crippen molar-refractivity contribution in [3.05, 3.63) is 28.7 Å². The molecule has 184 valence electrons. The molecule has 0 unspecified atom stereocenters. The standard InChI is InChI=1S/C23H31N5O6/c1-14(29)25-16(5-6-18(30)21(33)24-2)20(32)26-17-4-3-11-28(22(17)34)13-19(31)27-23-9-7-15(12-23)8-10-23/h3-4,11,15-16H,5-10,12-13H2,1-2H3,(H,24,33)(H,25,29)(H,26,32)(H,27,31)/t15?,16-,23?/m0/s1. The molecule has 2 bridgehead atoms. The van der Waals surface area contributed by atoms with Gasteiger partial charge in [0.25, 0.3) is 11.5 Å². The minimum Gasteiger partial charge on any atom is -0.353 e. The highest BCUT2D eigenvalue weighted by Gasteiger charge is 2.45. The molecule has 0 spiro atoms. The van der Waals surface area contributed by atoms with Crippen LogP contribution in [0, 0.1) is 5.92 Å². The minimum atomic E-state index is -1.13. The minimum absolute atomic E-state index is 0.0618. The number of aromatic nitrogens is 1. The van der Waals surface area contributed by atoms with E-state index in [1.165, 1.54) is 36.9 Å². The quantitative estimate of drug-likeness (QED) is 0.346. The number of ketones is 1. The molecule has 4 amide bonds. The van der Waals surface area contributed by atoms with Crippen LogP contribution in [0.5, 0.6) is 0 Å². The largest absolute Gasteiger partial charge is 0.353 e. The summed E-state index contributed by atoms with van der Waals surface area (Å²) < 4.78 is 1.21. The molecule has 11 nitrogen and oxygen atoms in total. The monoisotopic (exact) mass is 473 g/mol. The smallest absolute Gasteiger partial charge is 0.287 e. The maximum atomic E-state index is 12.8. The maximum absolute atomic E-state index is 12.8. The summed E-state index contributed by atoms with van der Waals surface area (Å²) in [6.45, 7) is 1.04. The van der Waals surface area contributed by atoms with Gasteiger partial charge in [0.05, 0.1) is 0 Å². The van der Waals surface area contributed by atoms with Crippen LogP contribution >= 0.6 is 0 Å². The number of hydrogen-bond donors (Lipinski definition) is 4. The van der Waals surface area contributed by atoms with E-state index in [1.807, 2.05) is 0 Å². The van der Waals surface area contributed by atoms with Crippen molar-refractivity contribution in [1.82, 2.24) is 20.5 Å². The number of amides is 4. The third-order valence-electron chi connectivity index (χ3n) is 6.57. The normalized spacial score (nSPS) is 21.4. The lowest BCUT2D eigenvalue weighted by Gasteiger charge is -2.28. The summed E-state index contributed by atoms with van der Waals surface area (Å²) in [5.74, 6) is -2.32. The molecule has 4 N–H and O–H groups in total. The second kappa shape index (κ2) is 10.6. The van der Waals surface area contributed by atoms with Crippen LogP contribution in [0.4, 0.5) is 5.69 Å². The molecule has 0 aromatic carbocycles. The van der Waals surface area contributed by atoms with Gasteiger partial charge in [0, 0.05) is 32.1 Å². The summed E-state index contributed by atoms with van der Waals surface area (Å²) in [4.78, 5) is 72.9. The Kier molecular flexibility index (Phi) is 7.85. The number of rotatable bonds is 10. The van der Waals surface area contributed by atoms with Crippen LogP contribution in [0.15, 0.2) is 23.1 Å². The predicted molar refractivity (Wildman–Crippen MR) is 123 cm³/mol. The molecule has 1 heterocycles. The van der Waals surface area contributed by atoms with E-state index < -0.39 is 35.1 Å². The number of nitrogens with zero attached hydrogens (tertiary/aromatic N) is 1. The Hall–Kier alpha value is -3.50. The van der Waals surface area contributed by atoms with E-state index in [4.69, 9.17) is 0 Å². The average Bonchev–Trinajstić information content (AvgIpc) is 3.38. The Labute approximate surface area is 197 Å². The first kappa shape index (κ1) is 25.1. The molecular formula is C23H31N5O6. The van der Waals surface area contributed by atoms with Crippen molar-refractivity contribution in [1.29, 1.82) is 0 Å². The molecule has 1 aromatic rings. The zero-order chi connectivity index (χ0) is 24.9. The number of likely N-dealkylation sites (N-methyl/N-ethyl adjacent to an activating group) is 1. The van der Waals surface area contributed by atoms with Crippen molar-refractivity contribution >= 4 is 35.1 Å². The first-order valence-electron chi connectivity index (χ1n) is 11.5. The summed E-state index contributed by atoms with van der Waals surface area (Å²) in [6.07, 6.45) is 6.22. The number of carbonyl (C=O) groups excluding carboxylic acids is 5. The summed E-state index contributed by atoms with van der Waals surface area (Å²) in [6, 6.07) is 1.80. The zero-order valence-electron chi connectivity index (χ0n) is 19.4. The van der Waals surface area contributed by atoms with Crippen LogP contribution < -0.4 is 26.8 Å². The number of anilines is 1. The van der Waals surface area contributed by atoms with Gasteiger partial charge >= 0.3 is 0 Å². The van der Waals surface area contributed by atoms with E-state index in [9.17, 15) is 28.8 Å². The van der Waals surface area contributed by atoms with Crippen molar-refractivity contribution in [2.45, 2.75) is 70.0 Å². The fraction of sp³-hybridized carbons (Fsp3) is 0.565. The molecule has 2 fully saturated rings. The molecule has 2 aliphatic carbocycles. The lowest BCUT2D eigenvalue weighted by Crippen LogP contribution is -2.47. The predicted octanol–water partition coefficient (Wildman–Crippen LogP) is -0.164. The van der Waals surface area contributed by atoms with Gasteiger partial charge in [-0.1, -0.05) is 0 Å². The first-order valence-corrected chi connectivity index (χ1v) is 11.5. The van der Waals surface area contributed by atoms with E-state index in [0.717, 1.165) is 32.1 Å². The number of Topliss-reactive ketones (excluding diaryl/α,β-unsaturated/α-hetero) is 1. The van der Waals surface area contributed by atoms with Crippen molar-refractivity contribution in [2.24, 2.45) is 5.92 Å². The lowest BCUT2D eigenvalue weighted by molar-refractivity contribution is -0.137. The molecule has 2 saturated carbocycles. The topological polar surface area (TPSA) is 155 Å². The van der Waals surface area contributed by atoms with Crippen LogP contribution in [0.1, 0.15) is 51.9 Å². The SMILES string of the molecule is CNC(=O)C(=O)CC[C@H](NC(C)=O)C(=O)Nc1cccn(CC(=O)NC23CCC(CC2)C3)c1=O. The van der Waals surface area contributed by atoms with E-state index in [2.05, 4.69) is 21.3 Å². The molecule has 1 atom stereocenters. The van der Waals surface area contributed by atoms with Gasteiger partial charge in [0.15, 0.2) is 0 Å². The second-order valence-electron chi connectivity index (χ2n) is 9.11. The molecular weight excluding hydrogens is 442 g/mol. The zero-order valence-corrected chi connectivity index (χ0v) is 19.4. The van der Waals surface area contributed by atoms with Gasteiger partial charge < -0.3 is 25.8 Å². The van der Waals surface area contributed by atoms with Crippen molar-refractivity contribution in [2.75, 3.05) is 12.4 Å². The van der Waals surface area contributed by atoms with Gasteiger partial charge in [0.2, 0.25) is 23.5 Å². The lowest BCUT2D eigenvalue weighted by atomic mass is 9.94. The number of pyridine rings is 1. The van der Waals surface area contributed by atoms with Crippen molar-refractivity contribution in [3.8, 4) is 0 Å². The van der Waals surface area contributed by atoms with E-state index in [1.54, 1.807) is 0 Å². The van der Waals surface area contributed by atoms with Crippen LogP contribution in [-0.2, 0) is 30.5 Å². The second-order valence-corrected chi connectivity index (χ2v) is 9.11. The van der Waals surface area contributed by atoms with Crippen molar-refractivity contribution in [3.63, 3.8) is 0 Å². The molecule has 2 aliphatic rings. The Balaban J connectivity index is 1.64. The fourth-order valence-electron chi connectivity index (χ4n) is 4.88. The molecule has 3 rings (SSSR count). The van der Waals surface area contributed by atoms with Gasteiger partial charge in [-0.05, 0) is 56.6 Å². The highest BCUT2D eigenvalue weighted by Crippen LogP contribution is 2.47. The third kappa shape index (κ3) is 6.09. The Bertz CT molecular complexity index is 1040. The Morgan fingerprint density at radius 2 is 1.88 bits per heavy atom. The third-order valence-corrected chi connectivity index (χ3v) is 6.57. The van der Waals surface area contributed by atoms with Gasteiger partial charge in [-0.25, -0.2) is 0 Å². The number of fused-ring (bicyclic) bond motifs is 2. The maximum Gasteiger partial charge on any atom is 0.287 e. The molecule has 0 saturated heterocycles. The highest BCUT2D eigenvalue weighted by molar-refractivity contribution is 6.36. The van der Waals surface area contributed by atoms with Gasteiger partial charge in [-0.15, -0.1) is 0 Å². The highest BCUT2D eigenvalue weighted by atomic mass is 16.2. The van der Waals surface area contributed by atoms with Crippen LogP contribution in [-0.4, -0.2) is 52.6 Å². The number of nitrogens with one attached hydrogen (secondary N) is 4. The van der Waals surface area contributed by atoms with E-state index >= 15 is 0 Å². The molecule has 11 heteroatoms. The van der Waals surface area contributed by atoms with Crippen LogP contribution in [0.2, 0.25) is 0 Å². The van der Waals surface area contributed by atoms with E-state index in [0.29, 0.717) is 5.92 Å². The van der Waals surface area contributed by atoms with Gasteiger partial charge in [0.1, 0.15) is 18.3 Å². The summed E-state index contributed by atoms with van der Waals surface area (Å²) >= 11 is 0. The summed E-state index contributed by atoms with van der Waals surface area (Å²) in [7, 11) is 1.32. The summed E-state index contributed by atoms with van der Waals surface area (Å²) in [5.41, 5.74) is -0.787. The average molecular weight is 474 g/mol. The Morgan fingerprint density at radius 3 is 2.47 bits per heavy atom. The number of carbonyl (C=O) groups is 5. The van der Waals surface area contributed by atoms with Gasteiger partial charge in [-0.3, -0.25) is 28.8 Å². The summed E-state index contributed by atoms with van der Waals surface area (Å²) in [5, 5.41) is 10.2. The molecule has 0 radical (unpaired) electrons. The van der Waals surface area contributed by atoms with Crippen LogP contribution in [0.25, 0.3) is 0 Å².